The van der Waals surface area contributed by atoms with Crippen molar-refractivity contribution in [2.24, 2.45) is 0 Å². The molecule has 4 heteroatoms. The molecule has 0 radical (unpaired) electrons. The standard InChI is InChI=1S/C14H20N2O2/c1-2-12(9-16-5-1)10-17-13-8-14(18-11-13)3-6-15-7-4-14/h1-2,5,9,13,15H,3-4,6-8,10-11H2/t13-/m1/s1. The summed E-state index contributed by atoms with van der Waals surface area (Å²) in [5, 5.41) is 3.38. The van der Waals surface area contributed by atoms with E-state index in [0.29, 0.717) is 6.61 Å². The van der Waals surface area contributed by atoms with Crippen LogP contribution in [0.4, 0.5) is 0 Å². The molecule has 1 aromatic rings. The first-order valence-electron chi connectivity index (χ1n) is 6.72. The summed E-state index contributed by atoms with van der Waals surface area (Å²) in [5.74, 6) is 0. The largest absolute Gasteiger partial charge is 0.372 e. The zero-order chi connectivity index (χ0) is 12.3. The summed E-state index contributed by atoms with van der Waals surface area (Å²) in [4.78, 5) is 4.09. The Bertz CT molecular complexity index is 377. The monoisotopic (exact) mass is 248 g/mol. The maximum Gasteiger partial charge on any atom is 0.0840 e. The predicted molar refractivity (Wildman–Crippen MR) is 68.2 cm³/mol. The molecule has 3 rings (SSSR count). The van der Waals surface area contributed by atoms with Gasteiger partial charge in [-0.3, -0.25) is 4.98 Å². The lowest BCUT2D eigenvalue weighted by Crippen LogP contribution is -2.41. The van der Waals surface area contributed by atoms with Crippen molar-refractivity contribution >= 4 is 0 Å². The summed E-state index contributed by atoms with van der Waals surface area (Å²) in [6.45, 7) is 3.50. The van der Waals surface area contributed by atoms with Gasteiger partial charge in [0.2, 0.25) is 0 Å². The predicted octanol–water partition coefficient (Wildman–Crippen LogP) is 1.51. The van der Waals surface area contributed by atoms with Gasteiger partial charge in [0.05, 0.1) is 24.9 Å². The molecule has 0 saturated carbocycles. The molecule has 0 amide bonds. The summed E-state index contributed by atoms with van der Waals surface area (Å²) in [5.41, 5.74) is 1.22. The molecule has 2 aliphatic rings. The molecule has 0 bridgehead atoms. The van der Waals surface area contributed by atoms with Crippen LogP contribution in [0.1, 0.15) is 24.8 Å². The van der Waals surface area contributed by atoms with Gasteiger partial charge in [0, 0.05) is 18.8 Å². The number of hydrogen-bond donors (Lipinski definition) is 1. The van der Waals surface area contributed by atoms with Crippen LogP contribution in [0.15, 0.2) is 24.5 Å². The summed E-state index contributed by atoms with van der Waals surface area (Å²) in [6, 6.07) is 3.99. The number of rotatable bonds is 3. The van der Waals surface area contributed by atoms with Crippen LogP contribution in [0.2, 0.25) is 0 Å². The minimum Gasteiger partial charge on any atom is -0.372 e. The molecule has 1 spiro atoms. The fraction of sp³-hybridized carbons (Fsp3) is 0.643. The van der Waals surface area contributed by atoms with Crippen molar-refractivity contribution in [3.8, 4) is 0 Å². The quantitative estimate of drug-likeness (QED) is 0.880. The summed E-state index contributed by atoms with van der Waals surface area (Å²) in [6.07, 6.45) is 7.14. The molecule has 1 atom stereocenters. The van der Waals surface area contributed by atoms with Crippen molar-refractivity contribution in [2.45, 2.75) is 37.6 Å². The second kappa shape index (κ2) is 5.34. The molecule has 3 heterocycles. The van der Waals surface area contributed by atoms with Gasteiger partial charge >= 0.3 is 0 Å². The first-order valence-corrected chi connectivity index (χ1v) is 6.72. The fourth-order valence-electron chi connectivity index (χ4n) is 2.84. The lowest BCUT2D eigenvalue weighted by atomic mass is 9.89. The Morgan fingerprint density at radius 2 is 2.33 bits per heavy atom. The lowest BCUT2D eigenvalue weighted by molar-refractivity contribution is -0.0241. The van der Waals surface area contributed by atoms with E-state index in [4.69, 9.17) is 9.47 Å². The van der Waals surface area contributed by atoms with Crippen molar-refractivity contribution in [3.05, 3.63) is 30.1 Å². The first kappa shape index (κ1) is 12.1. The van der Waals surface area contributed by atoms with Gasteiger partial charge in [0.15, 0.2) is 0 Å². The Hall–Kier alpha value is -0.970. The average molecular weight is 248 g/mol. The van der Waals surface area contributed by atoms with Gasteiger partial charge in [-0.15, -0.1) is 0 Å². The Labute approximate surface area is 108 Å². The zero-order valence-electron chi connectivity index (χ0n) is 10.6. The number of hydrogen-bond acceptors (Lipinski definition) is 4. The lowest BCUT2D eigenvalue weighted by Gasteiger charge is -2.32. The Kier molecular flexibility index (Phi) is 3.59. The highest BCUT2D eigenvalue weighted by Gasteiger charge is 2.41. The molecule has 2 aliphatic heterocycles. The minimum absolute atomic E-state index is 0.0881. The van der Waals surface area contributed by atoms with Crippen LogP contribution >= 0.6 is 0 Å². The van der Waals surface area contributed by atoms with Gasteiger partial charge in [-0.25, -0.2) is 0 Å². The Morgan fingerprint density at radius 3 is 3.11 bits per heavy atom. The number of aromatic nitrogens is 1. The number of piperidine rings is 1. The third-order valence-corrected chi connectivity index (χ3v) is 3.90. The van der Waals surface area contributed by atoms with Crippen LogP contribution in [0.25, 0.3) is 0 Å². The van der Waals surface area contributed by atoms with Crippen molar-refractivity contribution in [3.63, 3.8) is 0 Å². The topological polar surface area (TPSA) is 43.4 Å². The van der Waals surface area contributed by atoms with Crippen LogP contribution in [0.3, 0.4) is 0 Å². The van der Waals surface area contributed by atoms with E-state index in [1.807, 2.05) is 18.3 Å². The highest BCUT2D eigenvalue weighted by Crippen LogP contribution is 2.35. The minimum atomic E-state index is 0.0881. The highest BCUT2D eigenvalue weighted by atomic mass is 16.6. The summed E-state index contributed by atoms with van der Waals surface area (Å²) >= 11 is 0. The summed E-state index contributed by atoms with van der Waals surface area (Å²) in [7, 11) is 0. The molecule has 4 nitrogen and oxygen atoms in total. The third kappa shape index (κ3) is 2.71. The second-order valence-electron chi connectivity index (χ2n) is 5.24. The van der Waals surface area contributed by atoms with Gasteiger partial charge < -0.3 is 14.8 Å². The average Bonchev–Trinajstić information content (AvgIpc) is 2.82. The molecule has 1 N–H and O–H groups in total. The molecule has 18 heavy (non-hydrogen) atoms. The molecule has 2 fully saturated rings. The van der Waals surface area contributed by atoms with Crippen molar-refractivity contribution in [1.82, 2.24) is 10.3 Å². The van der Waals surface area contributed by atoms with Crippen molar-refractivity contribution < 1.29 is 9.47 Å². The van der Waals surface area contributed by atoms with Crippen molar-refractivity contribution in [1.29, 1.82) is 0 Å². The van der Waals surface area contributed by atoms with E-state index in [9.17, 15) is 0 Å². The molecular formula is C14H20N2O2. The van der Waals surface area contributed by atoms with Crippen molar-refractivity contribution in [2.75, 3.05) is 19.7 Å². The van der Waals surface area contributed by atoms with Crippen LogP contribution in [-0.4, -0.2) is 36.4 Å². The molecule has 0 aliphatic carbocycles. The maximum atomic E-state index is 6.00. The summed E-state index contributed by atoms with van der Waals surface area (Å²) < 4.78 is 11.9. The van der Waals surface area contributed by atoms with E-state index in [-0.39, 0.29) is 11.7 Å². The van der Waals surface area contributed by atoms with Gasteiger partial charge in [-0.05, 0) is 37.6 Å². The van der Waals surface area contributed by atoms with Crippen LogP contribution < -0.4 is 5.32 Å². The Balaban J connectivity index is 1.50. The van der Waals surface area contributed by atoms with E-state index in [1.165, 1.54) is 0 Å². The molecule has 1 aromatic heterocycles. The van der Waals surface area contributed by atoms with Gasteiger partial charge in [0.25, 0.3) is 0 Å². The van der Waals surface area contributed by atoms with Crippen LogP contribution in [0, 0.1) is 0 Å². The number of ether oxygens (including phenoxy) is 2. The molecular weight excluding hydrogens is 228 g/mol. The molecule has 98 valence electrons. The van der Waals surface area contributed by atoms with E-state index in [2.05, 4.69) is 10.3 Å². The third-order valence-electron chi connectivity index (χ3n) is 3.90. The number of pyridine rings is 1. The molecule has 0 unspecified atom stereocenters. The molecule has 0 aromatic carbocycles. The highest BCUT2D eigenvalue weighted by molar-refractivity contribution is 5.07. The smallest absolute Gasteiger partial charge is 0.0840 e. The zero-order valence-corrected chi connectivity index (χ0v) is 10.6. The van der Waals surface area contributed by atoms with Crippen LogP contribution in [-0.2, 0) is 16.1 Å². The van der Waals surface area contributed by atoms with E-state index < -0.39 is 0 Å². The number of nitrogens with zero attached hydrogens (tertiary/aromatic N) is 1. The van der Waals surface area contributed by atoms with E-state index in [1.54, 1.807) is 6.20 Å². The SMILES string of the molecule is c1cncc(CO[C@H]2COC3(CCNCC3)C2)c1. The van der Waals surface area contributed by atoms with Crippen LogP contribution in [0.5, 0.6) is 0 Å². The first-order chi connectivity index (χ1) is 8.86. The van der Waals surface area contributed by atoms with E-state index in [0.717, 1.165) is 44.5 Å². The molecule has 2 saturated heterocycles. The Morgan fingerprint density at radius 1 is 1.44 bits per heavy atom. The van der Waals surface area contributed by atoms with Gasteiger partial charge in [-0.2, -0.15) is 0 Å². The number of nitrogens with one attached hydrogen (secondary N) is 1. The van der Waals surface area contributed by atoms with E-state index >= 15 is 0 Å². The fourth-order valence-corrected chi connectivity index (χ4v) is 2.84. The van der Waals surface area contributed by atoms with Gasteiger partial charge in [-0.1, -0.05) is 6.07 Å². The normalized spacial score (nSPS) is 26.6. The second-order valence-corrected chi connectivity index (χ2v) is 5.24. The van der Waals surface area contributed by atoms with Gasteiger partial charge in [0.1, 0.15) is 0 Å². The maximum absolute atomic E-state index is 6.00.